The fourth-order valence-corrected chi connectivity index (χ4v) is 2.17. The molecule has 4 heteroatoms. The highest BCUT2D eigenvalue weighted by Gasteiger charge is 2.28. The number of ether oxygens (including phenoxy) is 2. The van der Waals surface area contributed by atoms with Crippen LogP contribution in [0.1, 0.15) is 18.4 Å². The lowest BCUT2D eigenvalue weighted by molar-refractivity contribution is 0.130. The van der Waals surface area contributed by atoms with Crippen LogP contribution in [0.25, 0.3) is 0 Å². The lowest BCUT2D eigenvalue weighted by atomic mass is 10.2. The zero-order chi connectivity index (χ0) is 13.5. The van der Waals surface area contributed by atoms with Crippen LogP contribution in [-0.4, -0.2) is 44.4 Å². The van der Waals surface area contributed by atoms with Crippen LogP contribution in [0.15, 0.2) is 24.3 Å². The van der Waals surface area contributed by atoms with Gasteiger partial charge in [-0.1, -0.05) is 12.1 Å². The maximum atomic E-state index is 5.80. The molecular weight excluding hydrogens is 240 g/mol. The molecule has 0 unspecified atom stereocenters. The fraction of sp³-hybridized carbons (Fsp3) is 0.600. The van der Waals surface area contributed by atoms with Gasteiger partial charge in [0.25, 0.3) is 0 Å². The van der Waals surface area contributed by atoms with Gasteiger partial charge in [0.15, 0.2) is 0 Å². The van der Waals surface area contributed by atoms with Crippen molar-refractivity contribution < 1.29 is 9.47 Å². The summed E-state index contributed by atoms with van der Waals surface area (Å²) in [5.41, 5.74) is 6.73. The van der Waals surface area contributed by atoms with Crippen LogP contribution < -0.4 is 10.5 Å². The summed E-state index contributed by atoms with van der Waals surface area (Å²) in [6, 6.07) is 8.74. The molecule has 0 aromatic heterocycles. The van der Waals surface area contributed by atoms with Crippen molar-refractivity contribution in [3.63, 3.8) is 0 Å². The van der Waals surface area contributed by atoms with Crippen LogP contribution >= 0.6 is 0 Å². The van der Waals surface area contributed by atoms with Crippen LogP contribution in [0.5, 0.6) is 5.75 Å². The van der Waals surface area contributed by atoms with Gasteiger partial charge >= 0.3 is 0 Å². The summed E-state index contributed by atoms with van der Waals surface area (Å²) in [6.07, 6.45) is 2.62. The first-order valence-electron chi connectivity index (χ1n) is 6.98. The smallest absolute Gasteiger partial charge is 0.119 e. The number of rotatable bonds is 9. The van der Waals surface area contributed by atoms with E-state index in [0.717, 1.165) is 37.1 Å². The molecule has 0 radical (unpaired) electrons. The predicted octanol–water partition coefficient (Wildman–Crippen LogP) is 1.63. The van der Waals surface area contributed by atoms with E-state index in [9.17, 15) is 0 Å². The second-order valence-corrected chi connectivity index (χ2v) is 4.96. The van der Waals surface area contributed by atoms with E-state index in [0.29, 0.717) is 13.2 Å². The lowest BCUT2D eigenvalue weighted by Crippen LogP contribution is -2.33. The molecule has 0 amide bonds. The summed E-state index contributed by atoms with van der Waals surface area (Å²) in [7, 11) is 1.75. The van der Waals surface area contributed by atoms with Crippen molar-refractivity contribution >= 4 is 0 Å². The molecule has 4 nitrogen and oxygen atoms in total. The van der Waals surface area contributed by atoms with Crippen molar-refractivity contribution in [2.24, 2.45) is 5.73 Å². The average molecular weight is 264 g/mol. The van der Waals surface area contributed by atoms with Crippen molar-refractivity contribution in [3.05, 3.63) is 29.8 Å². The van der Waals surface area contributed by atoms with E-state index in [1.54, 1.807) is 7.11 Å². The first-order valence-corrected chi connectivity index (χ1v) is 6.98. The molecule has 1 aliphatic rings. The van der Waals surface area contributed by atoms with E-state index >= 15 is 0 Å². The molecule has 1 saturated carbocycles. The summed E-state index contributed by atoms with van der Waals surface area (Å²) < 4.78 is 10.9. The van der Waals surface area contributed by atoms with Gasteiger partial charge in [0.05, 0.1) is 6.61 Å². The second kappa shape index (κ2) is 7.48. The van der Waals surface area contributed by atoms with Crippen molar-refractivity contribution in [2.45, 2.75) is 25.4 Å². The van der Waals surface area contributed by atoms with E-state index in [-0.39, 0.29) is 0 Å². The average Bonchev–Trinajstić information content (AvgIpc) is 3.27. The number of nitrogens with zero attached hydrogens (tertiary/aromatic N) is 1. The van der Waals surface area contributed by atoms with Gasteiger partial charge in [0.1, 0.15) is 12.4 Å². The fourth-order valence-electron chi connectivity index (χ4n) is 2.17. The number of methoxy groups -OCH3 is 1. The van der Waals surface area contributed by atoms with Gasteiger partial charge in [-0.05, 0) is 30.5 Å². The van der Waals surface area contributed by atoms with E-state index in [1.165, 1.54) is 12.8 Å². The quantitative estimate of drug-likeness (QED) is 0.736. The highest BCUT2D eigenvalue weighted by Crippen LogP contribution is 2.26. The maximum absolute atomic E-state index is 5.80. The van der Waals surface area contributed by atoms with Crippen LogP contribution in [0.3, 0.4) is 0 Å². The van der Waals surface area contributed by atoms with Gasteiger partial charge in [-0.15, -0.1) is 0 Å². The summed E-state index contributed by atoms with van der Waals surface area (Å²) in [4.78, 5) is 2.45. The first-order chi connectivity index (χ1) is 9.33. The highest BCUT2D eigenvalue weighted by atomic mass is 16.5. The third-order valence-electron chi connectivity index (χ3n) is 3.43. The van der Waals surface area contributed by atoms with E-state index in [2.05, 4.69) is 4.90 Å². The molecular formula is C15H24N2O2. The van der Waals surface area contributed by atoms with Crippen molar-refractivity contribution in [1.82, 2.24) is 4.90 Å². The Morgan fingerprint density at radius 2 is 2.05 bits per heavy atom. The Bertz CT molecular complexity index is 380. The molecule has 1 aliphatic carbocycles. The summed E-state index contributed by atoms with van der Waals surface area (Å²) in [5, 5.41) is 0. The first kappa shape index (κ1) is 14.3. The molecule has 0 aliphatic heterocycles. The molecule has 2 N–H and O–H groups in total. The predicted molar refractivity (Wildman–Crippen MR) is 76.3 cm³/mol. The number of hydrogen-bond donors (Lipinski definition) is 1. The Morgan fingerprint density at radius 3 is 2.74 bits per heavy atom. The number of nitrogens with two attached hydrogens (primary N) is 1. The molecule has 19 heavy (non-hydrogen) atoms. The molecule has 0 saturated heterocycles. The molecule has 0 bridgehead atoms. The van der Waals surface area contributed by atoms with Gasteiger partial charge in [0, 0.05) is 32.8 Å². The topological polar surface area (TPSA) is 47.7 Å². The molecule has 2 rings (SSSR count). The molecule has 0 spiro atoms. The minimum absolute atomic E-state index is 0.555. The van der Waals surface area contributed by atoms with E-state index in [4.69, 9.17) is 15.2 Å². The summed E-state index contributed by atoms with van der Waals surface area (Å²) in [5.74, 6) is 0.908. The summed E-state index contributed by atoms with van der Waals surface area (Å²) in [6.45, 7) is 4.01. The Kier molecular flexibility index (Phi) is 5.63. The number of benzene rings is 1. The largest absolute Gasteiger partial charge is 0.492 e. The molecule has 1 aromatic carbocycles. The minimum atomic E-state index is 0.555. The highest BCUT2D eigenvalue weighted by molar-refractivity contribution is 5.28. The van der Waals surface area contributed by atoms with Crippen molar-refractivity contribution in [3.8, 4) is 5.75 Å². The standard InChI is InChI=1S/C15H24N2O2/c1-18-9-7-17(14-5-6-14)8-10-19-15-4-2-3-13(11-15)12-16/h2-4,11,14H,5-10,12,16H2,1H3. The van der Waals surface area contributed by atoms with Crippen LogP contribution in [0.2, 0.25) is 0 Å². The van der Waals surface area contributed by atoms with Gasteiger partial charge in [-0.25, -0.2) is 0 Å². The Labute approximate surface area is 115 Å². The Hall–Kier alpha value is -1.10. The molecule has 0 heterocycles. The van der Waals surface area contributed by atoms with Gasteiger partial charge < -0.3 is 15.2 Å². The van der Waals surface area contributed by atoms with E-state index < -0.39 is 0 Å². The minimum Gasteiger partial charge on any atom is -0.492 e. The Morgan fingerprint density at radius 1 is 1.26 bits per heavy atom. The summed E-state index contributed by atoms with van der Waals surface area (Å²) >= 11 is 0. The van der Waals surface area contributed by atoms with Gasteiger partial charge in [-0.3, -0.25) is 4.90 Å². The van der Waals surface area contributed by atoms with E-state index in [1.807, 2.05) is 24.3 Å². The van der Waals surface area contributed by atoms with Crippen molar-refractivity contribution in [1.29, 1.82) is 0 Å². The molecule has 1 fully saturated rings. The zero-order valence-corrected chi connectivity index (χ0v) is 11.7. The SMILES string of the molecule is COCCN(CCOc1cccc(CN)c1)C1CC1. The normalized spacial score (nSPS) is 14.9. The molecule has 1 aromatic rings. The van der Waals surface area contributed by atoms with Gasteiger partial charge in [0.2, 0.25) is 0 Å². The van der Waals surface area contributed by atoms with Gasteiger partial charge in [-0.2, -0.15) is 0 Å². The van der Waals surface area contributed by atoms with Crippen LogP contribution in [0, 0.1) is 0 Å². The molecule has 0 atom stereocenters. The number of hydrogen-bond acceptors (Lipinski definition) is 4. The van der Waals surface area contributed by atoms with Crippen molar-refractivity contribution in [2.75, 3.05) is 33.4 Å². The third kappa shape index (κ3) is 4.82. The monoisotopic (exact) mass is 264 g/mol. The lowest BCUT2D eigenvalue weighted by Gasteiger charge is -2.21. The Balaban J connectivity index is 1.74. The zero-order valence-electron chi connectivity index (χ0n) is 11.7. The maximum Gasteiger partial charge on any atom is 0.119 e. The van der Waals surface area contributed by atoms with Crippen LogP contribution in [0.4, 0.5) is 0 Å². The second-order valence-electron chi connectivity index (χ2n) is 4.96. The van der Waals surface area contributed by atoms with Crippen LogP contribution in [-0.2, 0) is 11.3 Å². The molecule has 106 valence electrons. The third-order valence-corrected chi connectivity index (χ3v) is 3.43.